The van der Waals surface area contributed by atoms with Crippen molar-refractivity contribution in [2.24, 2.45) is 0 Å². The molecular formula is C11H12BrFO3. The second-order valence-electron chi connectivity index (χ2n) is 3.28. The molecule has 0 N–H and O–H groups in total. The SMILES string of the molecule is CCOc1ccc(Br)c(C2OCCO2)c1F. The van der Waals surface area contributed by atoms with Gasteiger partial charge in [-0.1, -0.05) is 15.9 Å². The summed E-state index contributed by atoms with van der Waals surface area (Å²) in [5.41, 5.74) is 0.364. The third kappa shape index (κ3) is 2.21. The first-order chi connectivity index (χ1) is 7.74. The van der Waals surface area contributed by atoms with Gasteiger partial charge in [-0.15, -0.1) is 0 Å². The molecule has 1 fully saturated rings. The summed E-state index contributed by atoms with van der Waals surface area (Å²) in [5.74, 6) is -0.206. The highest BCUT2D eigenvalue weighted by atomic mass is 79.9. The van der Waals surface area contributed by atoms with E-state index in [-0.39, 0.29) is 5.75 Å². The van der Waals surface area contributed by atoms with Crippen LogP contribution in [0.2, 0.25) is 0 Å². The largest absolute Gasteiger partial charge is 0.491 e. The van der Waals surface area contributed by atoms with Gasteiger partial charge in [-0.25, -0.2) is 4.39 Å². The van der Waals surface area contributed by atoms with E-state index in [1.807, 2.05) is 6.92 Å². The minimum Gasteiger partial charge on any atom is -0.491 e. The van der Waals surface area contributed by atoms with Crippen molar-refractivity contribution in [1.82, 2.24) is 0 Å². The predicted molar refractivity (Wildman–Crippen MR) is 59.9 cm³/mol. The maximum Gasteiger partial charge on any atom is 0.188 e. The molecule has 88 valence electrons. The summed E-state index contributed by atoms with van der Waals surface area (Å²) in [4.78, 5) is 0. The van der Waals surface area contributed by atoms with Gasteiger partial charge in [0.25, 0.3) is 0 Å². The Kier molecular flexibility index (Phi) is 3.78. The lowest BCUT2D eigenvalue weighted by atomic mass is 10.2. The van der Waals surface area contributed by atoms with Gasteiger partial charge in [0.15, 0.2) is 17.9 Å². The molecule has 0 radical (unpaired) electrons. The topological polar surface area (TPSA) is 27.7 Å². The molecule has 1 aromatic rings. The Morgan fingerprint density at radius 2 is 2.12 bits per heavy atom. The molecule has 0 saturated carbocycles. The van der Waals surface area contributed by atoms with Crippen LogP contribution < -0.4 is 4.74 Å². The first kappa shape index (κ1) is 11.8. The van der Waals surface area contributed by atoms with E-state index < -0.39 is 12.1 Å². The fraction of sp³-hybridized carbons (Fsp3) is 0.455. The van der Waals surface area contributed by atoms with Crippen molar-refractivity contribution >= 4 is 15.9 Å². The minimum absolute atomic E-state index is 0.222. The standard InChI is InChI=1S/C11H12BrFO3/c1-2-14-8-4-3-7(12)9(10(8)13)11-15-5-6-16-11/h3-4,11H,2,5-6H2,1H3. The van der Waals surface area contributed by atoms with Crippen LogP contribution in [-0.2, 0) is 9.47 Å². The third-order valence-electron chi connectivity index (χ3n) is 2.25. The zero-order valence-corrected chi connectivity index (χ0v) is 10.4. The molecule has 0 atom stereocenters. The third-order valence-corrected chi connectivity index (χ3v) is 2.94. The zero-order valence-electron chi connectivity index (χ0n) is 8.83. The van der Waals surface area contributed by atoms with E-state index in [0.717, 1.165) is 0 Å². The van der Waals surface area contributed by atoms with Crippen molar-refractivity contribution in [2.75, 3.05) is 19.8 Å². The predicted octanol–water partition coefficient (Wildman–Crippen LogP) is 3.03. The van der Waals surface area contributed by atoms with E-state index in [4.69, 9.17) is 14.2 Å². The molecule has 1 aliphatic rings. The van der Waals surface area contributed by atoms with Crippen LogP contribution in [0.4, 0.5) is 4.39 Å². The van der Waals surface area contributed by atoms with Gasteiger partial charge in [0.05, 0.1) is 25.4 Å². The highest BCUT2D eigenvalue weighted by molar-refractivity contribution is 9.10. The second kappa shape index (κ2) is 5.12. The van der Waals surface area contributed by atoms with E-state index >= 15 is 0 Å². The fourth-order valence-electron chi connectivity index (χ4n) is 1.56. The molecule has 1 heterocycles. The summed E-state index contributed by atoms with van der Waals surface area (Å²) in [6, 6.07) is 3.32. The number of benzene rings is 1. The van der Waals surface area contributed by atoms with Crippen LogP contribution in [0, 0.1) is 5.82 Å². The molecule has 1 aliphatic heterocycles. The summed E-state index contributed by atoms with van der Waals surface area (Å²) >= 11 is 3.29. The molecule has 0 aromatic heterocycles. The zero-order chi connectivity index (χ0) is 11.5. The smallest absolute Gasteiger partial charge is 0.188 e. The molecule has 1 aromatic carbocycles. The molecule has 2 rings (SSSR count). The summed E-state index contributed by atoms with van der Waals surface area (Å²) in [6.45, 7) is 3.19. The highest BCUT2D eigenvalue weighted by Crippen LogP contribution is 2.35. The van der Waals surface area contributed by atoms with Crippen LogP contribution in [-0.4, -0.2) is 19.8 Å². The summed E-state index contributed by atoms with van der Waals surface area (Å²) in [6.07, 6.45) is -0.644. The van der Waals surface area contributed by atoms with Crippen molar-refractivity contribution in [3.05, 3.63) is 28.0 Å². The molecule has 0 bridgehead atoms. The minimum atomic E-state index is -0.644. The summed E-state index contributed by atoms with van der Waals surface area (Å²) < 4.78 is 30.4. The molecule has 0 unspecified atom stereocenters. The van der Waals surface area contributed by atoms with Crippen molar-refractivity contribution in [3.8, 4) is 5.75 Å². The van der Waals surface area contributed by atoms with Crippen molar-refractivity contribution in [3.63, 3.8) is 0 Å². The number of hydrogen-bond acceptors (Lipinski definition) is 3. The van der Waals surface area contributed by atoms with Gasteiger partial charge in [0.2, 0.25) is 0 Å². The number of halogens is 2. The molecular weight excluding hydrogens is 279 g/mol. The highest BCUT2D eigenvalue weighted by Gasteiger charge is 2.26. The maximum atomic E-state index is 14.1. The lowest BCUT2D eigenvalue weighted by Gasteiger charge is -2.15. The van der Waals surface area contributed by atoms with Gasteiger partial charge < -0.3 is 14.2 Å². The van der Waals surface area contributed by atoms with Crippen LogP contribution in [0.3, 0.4) is 0 Å². The van der Waals surface area contributed by atoms with Gasteiger partial charge in [-0.2, -0.15) is 0 Å². The first-order valence-electron chi connectivity index (χ1n) is 5.08. The average Bonchev–Trinajstić information content (AvgIpc) is 2.76. The van der Waals surface area contributed by atoms with Crippen LogP contribution in [0.15, 0.2) is 16.6 Å². The van der Waals surface area contributed by atoms with Crippen molar-refractivity contribution < 1.29 is 18.6 Å². The molecule has 5 heteroatoms. The van der Waals surface area contributed by atoms with Crippen LogP contribution in [0.1, 0.15) is 18.8 Å². The average molecular weight is 291 g/mol. The monoisotopic (exact) mass is 290 g/mol. The Morgan fingerprint density at radius 1 is 1.44 bits per heavy atom. The van der Waals surface area contributed by atoms with Crippen molar-refractivity contribution in [2.45, 2.75) is 13.2 Å². The van der Waals surface area contributed by atoms with Gasteiger partial charge in [0, 0.05) is 4.47 Å². The summed E-state index contributed by atoms with van der Waals surface area (Å²) in [7, 11) is 0. The van der Waals surface area contributed by atoms with E-state index in [1.54, 1.807) is 12.1 Å². The Balaban J connectivity index is 2.37. The van der Waals surface area contributed by atoms with Gasteiger partial charge in [-0.3, -0.25) is 0 Å². The lowest BCUT2D eigenvalue weighted by molar-refractivity contribution is -0.0472. The lowest BCUT2D eigenvalue weighted by Crippen LogP contribution is -2.05. The normalized spacial score (nSPS) is 16.7. The number of ether oxygens (including phenoxy) is 3. The maximum absolute atomic E-state index is 14.1. The van der Waals surface area contributed by atoms with E-state index in [0.29, 0.717) is 29.9 Å². The van der Waals surface area contributed by atoms with Crippen LogP contribution >= 0.6 is 15.9 Å². The molecule has 0 spiro atoms. The van der Waals surface area contributed by atoms with Gasteiger partial charge >= 0.3 is 0 Å². The number of rotatable bonds is 3. The Morgan fingerprint density at radius 3 is 2.75 bits per heavy atom. The Labute approximate surface area is 102 Å². The fourth-order valence-corrected chi connectivity index (χ4v) is 2.05. The Hall–Kier alpha value is -0.650. The quantitative estimate of drug-likeness (QED) is 0.856. The van der Waals surface area contributed by atoms with E-state index in [9.17, 15) is 4.39 Å². The molecule has 0 amide bonds. The van der Waals surface area contributed by atoms with Crippen molar-refractivity contribution in [1.29, 1.82) is 0 Å². The second-order valence-corrected chi connectivity index (χ2v) is 4.13. The number of hydrogen-bond donors (Lipinski definition) is 0. The molecule has 3 nitrogen and oxygen atoms in total. The molecule has 0 aliphatic carbocycles. The molecule has 1 saturated heterocycles. The van der Waals surface area contributed by atoms with Crippen LogP contribution in [0.25, 0.3) is 0 Å². The van der Waals surface area contributed by atoms with Gasteiger partial charge in [0.1, 0.15) is 0 Å². The Bertz CT molecular complexity index is 378. The first-order valence-corrected chi connectivity index (χ1v) is 5.87. The van der Waals surface area contributed by atoms with Crippen LogP contribution in [0.5, 0.6) is 5.75 Å². The summed E-state index contributed by atoms with van der Waals surface area (Å²) in [5, 5.41) is 0. The van der Waals surface area contributed by atoms with E-state index in [1.165, 1.54) is 0 Å². The molecule has 16 heavy (non-hydrogen) atoms. The van der Waals surface area contributed by atoms with Gasteiger partial charge in [-0.05, 0) is 19.1 Å². The van der Waals surface area contributed by atoms with E-state index in [2.05, 4.69) is 15.9 Å².